The van der Waals surface area contributed by atoms with E-state index in [1.807, 2.05) is 6.07 Å². The van der Waals surface area contributed by atoms with Gasteiger partial charge in [-0.1, -0.05) is 11.3 Å². The van der Waals surface area contributed by atoms with E-state index in [1.165, 1.54) is 6.26 Å². The van der Waals surface area contributed by atoms with Gasteiger partial charge in [-0.25, -0.2) is 15.0 Å². The van der Waals surface area contributed by atoms with Crippen LogP contribution in [0, 0.1) is 0 Å². The molecule has 11 nitrogen and oxygen atoms in total. The number of rotatable bonds is 6. The van der Waals surface area contributed by atoms with E-state index in [9.17, 15) is 4.79 Å². The first-order valence-electron chi connectivity index (χ1n) is 11.8. The first-order valence-corrected chi connectivity index (χ1v) is 12.7. The second-order valence-corrected chi connectivity index (χ2v) is 9.56. The number of anilines is 3. The van der Waals surface area contributed by atoms with E-state index in [-0.39, 0.29) is 11.6 Å². The number of ether oxygens (including phenoxy) is 2. The Morgan fingerprint density at radius 3 is 2.67 bits per heavy atom. The van der Waals surface area contributed by atoms with Gasteiger partial charge in [0.25, 0.3) is 5.91 Å². The SMILES string of the molecule is COc1ccc(-c2nc(C(=O)Nc3cc4sc(N5CCOCC5)nc4nc3N3CCCC3)co2)cn1. The van der Waals surface area contributed by atoms with Gasteiger partial charge in [-0.15, -0.1) is 0 Å². The summed E-state index contributed by atoms with van der Waals surface area (Å²) in [6.45, 7) is 4.77. The lowest BCUT2D eigenvalue weighted by Gasteiger charge is -2.25. The number of fused-ring (bicyclic) bond motifs is 1. The van der Waals surface area contributed by atoms with Crippen molar-refractivity contribution in [3.05, 3.63) is 36.4 Å². The molecule has 6 heterocycles. The number of oxazole rings is 1. The van der Waals surface area contributed by atoms with Crippen LogP contribution in [0.3, 0.4) is 0 Å². The lowest BCUT2D eigenvalue weighted by Crippen LogP contribution is -2.36. The summed E-state index contributed by atoms with van der Waals surface area (Å²) in [5, 5.41) is 3.93. The highest BCUT2D eigenvalue weighted by molar-refractivity contribution is 7.22. The van der Waals surface area contributed by atoms with Gasteiger partial charge in [-0.3, -0.25) is 4.79 Å². The molecule has 1 amide bonds. The molecule has 0 saturated carbocycles. The zero-order valence-corrected chi connectivity index (χ0v) is 20.6. The number of hydrogen-bond acceptors (Lipinski definition) is 11. The zero-order chi connectivity index (χ0) is 24.5. The fourth-order valence-electron chi connectivity index (χ4n) is 4.32. The third-order valence-electron chi connectivity index (χ3n) is 6.22. The molecule has 12 heteroatoms. The smallest absolute Gasteiger partial charge is 0.277 e. The number of morpholine rings is 1. The van der Waals surface area contributed by atoms with Gasteiger partial charge in [-0.05, 0) is 25.0 Å². The maximum absolute atomic E-state index is 13.2. The summed E-state index contributed by atoms with van der Waals surface area (Å²) in [7, 11) is 1.55. The van der Waals surface area contributed by atoms with Gasteiger partial charge >= 0.3 is 0 Å². The Morgan fingerprint density at radius 2 is 1.92 bits per heavy atom. The number of pyridine rings is 2. The Kier molecular flexibility index (Phi) is 6.11. The van der Waals surface area contributed by atoms with Crippen LogP contribution >= 0.6 is 11.3 Å². The van der Waals surface area contributed by atoms with E-state index in [1.54, 1.807) is 36.8 Å². The third-order valence-corrected chi connectivity index (χ3v) is 7.27. The van der Waals surface area contributed by atoms with E-state index in [0.717, 1.165) is 54.7 Å². The molecule has 36 heavy (non-hydrogen) atoms. The van der Waals surface area contributed by atoms with E-state index >= 15 is 0 Å². The molecule has 4 aromatic rings. The van der Waals surface area contributed by atoms with Gasteiger partial charge in [0.15, 0.2) is 22.3 Å². The number of nitrogens with zero attached hydrogens (tertiary/aromatic N) is 6. The minimum atomic E-state index is -0.369. The zero-order valence-electron chi connectivity index (χ0n) is 19.8. The number of aromatic nitrogens is 4. The molecule has 1 N–H and O–H groups in total. The van der Waals surface area contributed by atoms with Gasteiger partial charge in [0.05, 0.1) is 36.3 Å². The van der Waals surface area contributed by atoms with Crippen LogP contribution in [0.5, 0.6) is 5.88 Å². The van der Waals surface area contributed by atoms with Crippen molar-refractivity contribution in [1.82, 2.24) is 19.9 Å². The van der Waals surface area contributed by atoms with Crippen molar-refractivity contribution >= 4 is 44.2 Å². The summed E-state index contributed by atoms with van der Waals surface area (Å²) < 4.78 is 17.0. The van der Waals surface area contributed by atoms with Gasteiger partial charge < -0.3 is 29.0 Å². The second kappa shape index (κ2) is 9.70. The molecule has 2 aliphatic heterocycles. The summed E-state index contributed by atoms with van der Waals surface area (Å²) in [4.78, 5) is 35.8. The molecule has 0 aliphatic carbocycles. The largest absolute Gasteiger partial charge is 0.481 e. The van der Waals surface area contributed by atoms with Crippen molar-refractivity contribution in [1.29, 1.82) is 0 Å². The van der Waals surface area contributed by atoms with E-state index < -0.39 is 0 Å². The summed E-state index contributed by atoms with van der Waals surface area (Å²) >= 11 is 1.57. The van der Waals surface area contributed by atoms with Crippen molar-refractivity contribution in [2.24, 2.45) is 0 Å². The molecular formula is C24H25N7O4S. The lowest BCUT2D eigenvalue weighted by atomic mass is 10.3. The Morgan fingerprint density at radius 1 is 1.08 bits per heavy atom. The second-order valence-electron chi connectivity index (χ2n) is 8.55. The van der Waals surface area contributed by atoms with Crippen LogP contribution in [0.25, 0.3) is 21.8 Å². The first-order chi connectivity index (χ1) is 17.7. The predicted octanol–water partition coefficient (Wildman–Crippen LogP) is 3.44. The van der Waals surface area contributed by atoms with Crippen LogP contribution < -0.4 is 19.9 Å². The molecule has 0 unspecified atom stereocenters. The summed E-state index contributed by atoms with van der Waals surface area (Å²) in [6.07, 6.45) is 5.11. The number of thiazole rings is 1. The first kappa shape index (κ1) is 22.7. The van der Waals surface area contributed by atoms with Crippen molar-refractivity contribution in [3.8, 4) is 17.3 Å². The Bertz CT molecular complexity index is 1380. The maximum Gasteiger partial charge on any atom is 0.277 e. The van der Waals surface area contributed by atoms with Crippen LogP contribution in [0.1, 0.15) is 23.3 Å². The molecule has 186 valence electrons. The van der Waals surface area contributed by atoms with E-state index in [4.69, 9.17) is 23.9 Å². The van der Waals surface area contributed by atoms with Crippen molar-refractivity contribution < 1.29 is 18.7 Å². The highest BCUT2D eigenvalue weighted by Crippen LogP contribution is 2.36. The van der Waals surface area contributed by atoms with Gasteiger partial charge in [0.1, 0.15) is 6.26 Å². The predicted molar refractivity (Wildman–Crippen MR) is 136 cm³/mol. The molecule has 0 bridgehead atoms. The van der Waals surface area contributed by atoms with Crippen LogP contribution in [-0.2, 0) is 4.74 Å². The molecule has 6 rings (SSSR count). The number of hydrogen-bond donors (Lipinski definition) is 1. The third kappa shape index (κ3) is 4.44. The molecule has 4 aromatic heterocycles. The van der Waals surface area contributed by atoms with Crippen molar-refractivity contribution in [2.75, 3.05) is 61.6 Å². The minimum Gasteiger partial charge on any atom is -0.481 e. The molecule has 2 aliphatic rings. The van der Waals surface area contributed by atoms with Gasteiger partial charge in [0, 0.05) is 38.4 Å². The summed E-state index contributed by atoms with van der Waals surface area (Å²) in [6, 6.07) is 5.45. The lowest BCUT2D eigenvalue weighted by molar-refractivity contribution is 0.102. The number of carbonyl (C=O) groups excluding carboxylic acids is 1. The molecule has 2 fully saturated rings. The normalized spacial score (nSPS) is 16.0. The number of amides is 1. The average Bonchev–Trinajstić information content (AvgIpc) is 3.70. The van der Waals surface area contributed by atoms with Crippen LogP contribution in [0.4, 0.5) is 16.6 Å². The van der Waals surface area contributed by atoms with E-state index in [0.29, 0.717) is 41.9 Å². The molecule has 2 saturated heterocycles. The topological polar surface area (TPSA) is 119 Å². The Hall–Kier alpha value is -3.77. The monoisotopic (exact) mass is 507 g/mol. The molecule has 0 atom stereocenters. The van der Waals surface area contributed by atoms with Crippen LogP contribution in [-0.4, -0.2) is 72.3 Å². The number of methoxy groups -OCH3 is 1. The molecular weight excluding hydrogens is 482 g/mol. The number of nitrogens with one attached hydrogen (secondary N) is 1. The molecule has 0 radical (unpaired) electrons. The minimum absolute atomic E-state index is 0.173. The average molecular weight is 508 g/mol. The molecule has 0 aromatic carbocycles. The standard InChI is InChI=1S/C24H25N7O4S/c1-33-19-5-4-15(13-25-19)23-27-17(14-35-23)22(32)26-16-12-18-20(28-21(16)30-6-2-3-7-30)29-24(36-18)31-8-10-34-11-9-31/h4-5,12-14H,2-3,6-11H2,1H3,(H,26,32). The summed E-state index contributed by atoms with van der Waals surface area (Å²) in [5.41, 5.74) is 2.15. The highest BCUT2D eigenvalue weighted by atomic mass is 32.1. The van der Waals surface area contributed by atoms with Gasteiger partial charge in [-0.2, -0.15) is 4.98 Å². The quantitative estimate of drug-likeness (QED) is 0.416. The van der Waals surface area contributed by atoms with Crippen LogP contribution in [0.15, 0.2) is 35.1 Å². The van der Waals surface area contributed by atoms with Crippen molar-refractivity contribution in [2.45, 2.75) is 12.8 Å². The van der Waals surface area contributed by atoms with Crippen molar-refractivity contribution in [3.63, 3.8) is 0 Å². The van der Waals surface area contributed by atoms with Gasteiger partial charge in [0.2, 0.25) is 11.8 Å². The van der Waals surface area contributed by atoms with E-state index in [2.05, 4.69) is 25.1 Å². The highest BCUT2D eigenvalue weighted by Gasteiger charge is 2.24. The number of carbonyl (C=O) groups is 1. The van der Waals surface area contributed by atoms with Crippen LogP contribution in [0.2, 0.25) is 0 Å². The maximum atomic E-state index is 13.2. The summed E-state index contributed by atoms with van der Waals surface area (Å²) in [5.74, 6) is 1.16. The Labute approximate surface area is 211 Å². The Balaban J connectivity index is 1.28. The fraction of sp³-hybridized carbons (Fsp3) is 0.375. The molecule has 0 spiro atoms. The fourth-order valence-corrected chi connectivity index (χ4v) is 5.32.